The molecule has 22 heavy (non-hydrogen) atoms. The number of phenols is 1. The van der Waals surface area contributed by atoms with E-state index >= 15 is 0 Å². The van der Waals surface area contributed by atoms with Crippen LogP contribution in [0.3, 0.4) is 0 Å². The van der Waals surface area contributed by atoms with E-state index in [1.807, 2.05) is 6.07 Å². The molecule has 114 valence electrons. The van der Waals surface area contributed by atoms with E-state index in [1.54, 1.807) is 6.07 Å². The maximum absolute atomic E-state index is 9.81. The zero-order chi connectivity index (χ0) is 15.5. The smallest absolute Gasteiger partial charge is 0.115 e. The number of phenolic OH excluding ortho intramolecular Hbond substituents is 1. The number of fused-ring (bicyclic) bond motifs is 2. The molecule has 1 N–H and O–H groups in total. The van der Waals surface area contributed by atoms with E-state index in [9.17, 15) is 5.11 Å². The molecule has 0 atom stereocenters. The van der Waals surface area contributed by atoms with Gasteiger partial charge in [-0.15, -0.1) is 0 Å². The van der Waals surface area contributed by atoms with Crippen LogP contribution in [-0.4, -0.2) is 30.6 Å². The van der Waals surface area contributed by atoms with Gasteiger partial charge in [0.15, 0.2) is 0 Å². The van der Waals surface area contributed by atoms with Crippen molar-refractivity contribution >= 4 is 5.57 Å². The highest BCUT2D eigenvalue weighted by molar-refractivity contribution is 5.84. The number of benzene rings is 2. The van der Waals surface area contributed by atoms with Crippen molar-refractivity contribution in [3.63, 3.8) is 0 Å². The standard InChI is InChI=1S/C20H23NO/c1-21(2)13-5-8-20-18-7-4-3-6-15(18)9-10-16-14-17(22)11-12-19(16)20/h3-4,6-8,11-12,14,22H,5,9-10,13H2,1-2H3/b20-8-. The highest BCUT2D eigenvalue weighted by Crippen LogP contribution is 2.35. The zero-order valence-corrected chi connectivity index (χ0v) is 13.3. The molecule has 0 amide bonds. The number of nitrogens with zero attached hydrogens (tertiary/aromatic N) is 1. The Labute approximate surface area is 132 Å². The highest BCUT2D eigenvalue weighted by Gasteiger charge is 2.17. The van der Waals surface area contributed by atoms with Gasteiger partial charge in [-0.25, -0.2) is 0 Å². The van der Waals surface area contributed by atoms with E-state index in [4.69, 9.17) is 0 Å². The van der Waals surface area contributed by atoms with Crippen molar-refractivity contribution in [2.24, 2.45) is 0 Å². The predicted octanol–water partition coefficient (Wildman–Crippen LogP) is 3.87. The summed E-state index contributed by atoms with van der Waals surface area (Å²) in [5.41, 5.74) is 6.55. The quantitative estimate of drug-likeness (QED) is 0.928. The summed E-state index contributed by atoms with van der Waals surface area (Å²) in [5, 5.41) is 9.81. The van der Waals surface area contributed by atoms with Crippen molar-refractivity contribution in [1.29, 1.82) is 0 Å². The van der Waals surface area contributed by atoms with E-state index in [0.717, 1.165) is 25.8 Å². The Balaban J connectivity index is 2.08. The van der Waals surface area contributed by atoms with Crippen molar-refractivity contribution in [2.45, 2.75) is 19.3 Å². The Morgan fingerprint density at radius 2 is 1.73 bits per heavy atom. The fourth-order valence-corrected chi connectivity index (χ4v) is 3.15. The van der Waals surface area contributed by atoms with Crippen LogP contribution in [0.15, 0.2) is 48.5 Å². The van der Waals surface area contributed by atoms with Gasteiger partial charge in [-0.05, 0) is 73.3 Å². The molecule has 3 rings (SSSR count). The van der Waals surface area contributed by atoms with Gasteiger partial charge < -0.3 is 10.0 Å². The number of hydrogen-bond donors (Lipinski definition) is 1. The van der Waals surface area contributed by atoms with Crippen LogP contribution in [0.5, 0.6) is 5.75 Å². The molecule has 2 nitrogen and oxygen atoms in total. The average Bonchev–Trinajstić information content (AvgIpc) is 2.64. The molecule has 1 aliphatic carbocycles. The van der Waals surface area contributed by atoms with Crippen molar-refractivity contribution in [3.05, 3.63) is 70.8 Å². The summed E-state index contributed by atoms with van der Waals surface area (Å²) < 4.78 is 0. The summed E-state index contributed by atoms with van der Waals surface area (Å²) in [6.07, 6.45) is 5.38. The lowest BCUT2D eigenvalue weighted by molar-refractivity contribution is 0.417. The summed E-state index contributed by atoms with van der Waals surface area (Å²) in [7, 11) is 4.21. The molecule has 0 bridgehead atoms. The maximum atomic E-state index is 9.81. The SMILES string of the molecule is CN(C)CC/C=C1/c2ccccc2CCc2cc(O)ccc21. The Morgan fingerprint density at radius 1 is 1.00 bits per heavy atom. The lowest BCUT2D eigenvalue weighted by Gasteiger charge is -2.13. The van der Waals surface area contributed by atoms with Gasteiger partial charge in [0.2, 0.25) is 0 Å². The molecular weight excluding hydrogens is 270 g/mol. The average molecular weight is 293 g/mol. The fourth-order valence-electron chi connectivity index (χ4n) is 3.15. The second-order valence-electron chi connectivity index (χ2n) is 6.21. The summed E-state index contributed by atoms with van der Waals surface area (Å²) in [6, 6.07) is 14.5. The van der Waals surface area contributed by atoms with Crippen LogP contribution >= 0.6 is 0 Å². The molecule has 2 heteroatoms. The molecule has 0 heterocycles. The van der Waals surface area contributed by atoms with Crippen molar-refractivity contribution in [3.8, 4) is 5.75 Å². The van der Waals surface area contributed by atoms with Gasteiger partial charge in [0, 0.05) is 6.54 Å². The van der Waals surface area contributed by atoms with Crippen LogP contribution < -0.4 is 0 Å². The maximum Gasteiger partial charge on any atom is 0.115 e. The molecule has 2 aromatic carbocycles. The minimum Gasteiger partial charge on any atom is -0.508 e. The second kappa shape index (κ2) is 6.37. The summed E-state index contributed by atoms with van der Waals surface area (Å²) >= 11 is 0. The third kappa shape index (κ3) is 3.07. The Bertz CT molecular complexity index is 701. The van der Waals surface area contributed by atoms with Gasteiger partial charge in [0.1, 0.15) is 5.75 Å². The third-order valence-electron chi connectivity index (χ3n) is 4.27. The molecule has 0 aromatic heterocycles. The first-order valence-electron chi connectivity index (χ1n) is 7.90. The first-order chi connectivity index (χ1) is 10.6. The summed E-state index contributed by atoms with van der Waals surface area (Å²) in [4.78, 5) is 2.21. The highest BCUT2D eigenvalue weighted by atomic mass is 16.3. The Kier molecular flexibility index (Phi) is 4.30. The molecule has 2 aromatic rings. The van der Waals surface area contributed by atoms with E-state index in [1.165, 1.54) is 27.8 Å². The number of hydrogen-bond acceptors (Lipinski definition) is 2. The zero-order valence-electron chi connectivity index (χ0n) is 13.3. The van der Waals surface area contributed by atoms with Gasteiger partial charge in [-0.2, -0.15) is 0 Å². The molecule has 0 aliphatic heterocycles. The summed E-state index contributed by atoms with van der Waals surface area (Å²) in [6.45, 7) is 1.04. The van der Waals surface area contributed by atoms with Crippen LogP contribution in [0, 0.1) is 0 Å². The molecule has 0 saturated carbocycles. The monoisotopic (exact) mass is 293 g/mol. The lowest BCUT2D eigenvalue weighted by atomic mass is 9.93. The normalized spacial score (nSPS) is 15.5. The lowest BCUT2D eigenvalue weighted by Crippen LogP contribution is -2.12. The molecule has 0 saturated heterocycles. The minimum absolute atomic E-state index is 0.359. The number of aryl methyl sites for hydroxylation is 2. The predicted molar refractivity (Wildman–Crippen MR) is 92.2 cm³/mol. The van der Waals surface area contributed by atoms with E-state index in [0.29, 0.717) is 5.75 Å². The van der Waals surface area contributed by atoms with Crippen LogP contribution in [0.25, 0.3) is 5.57 Å². The molecule has 0 unspecified atom stereocenters. The molecule has 0 fully saturated rings. The van der Waals surface area contributed by atoms with Crippen LogP contribution in [0.2, 0.25) is 0 Å². The van der Waals surface area contributed by atoms with Crippen molar-refractivity contribution in [2.75, 3.05) is 20.6 Å². The Morgan fingerprint density at radius 3 is 2.55 bits per heavy atom. The largest absolute Gasteiger partial charge is 0.508 e. The van der Waals surface area contributed by atoms with Gasteiger partial charge in [-0.1, -0.05) is 36.4 Å². The molecular formula is C20H23NO. The fraction of sp³-hybridized carbons (Fsp3) is 0.300. The van der Waals surface area contributed by atoms with Crippen molar-refractivity contribution in [1.82, 2.24) is 4.90 Å². The van der Waals surface area contributed by atoms with E-state index in [-0.39, 0.29) is 0 Å². The van der Waals surface area contributed by atoms with Crippen LogP contribution in [0.1, 0.15) is 28.7 Å². The summed E-state index contributed by atoms with van der Waals surface area (Å²) in [5.74, 6) is 0.359. The van der Waals surface area contributed by atoms with Crippen LogP contribution in [-0.2, 0) is 12.8 Å². The number of rotatable bonds is 3. The van der Waals surface area contributed by atoms with E-state index < -0.39 is 0 Å². The topological polar surface area (TPSA) is 23.5 Å². The van der Waals surface area contributed by atoms with Gasteiger partial charge in [0.05, 0.1) is 0 Å². The van der Waals surface area contributed by atoms with Gasteiger partial charge in [0.25, 0.3) is 0 Å². The third-order valence-corrected chi connectivity index (χ3v) is 4.27. The molecule has 1 aliphatic rings. The van der Waals surface area contributed by atoms with Gasteiger partial charge in [-0.3, -0.25) is 0 Å². The van der Waals surface area contributed by atoms with Gasteiger partial charge >= 0.3 is 0 Å². The van der Waals surface area contributed by atoms with Crippen LogP contribution in [0.4, 0.5) is 0 Å². The first kappa shape index (κ1) is 14.9. The molecule has 0 radical (unpaired) electrons. The Hall–Kier alpha value is -2.06. The van der Waals surface area contributed by atoms with Crippen molar-refractivity contribution < 1.29 is 5.11 Å². The molecule has 0 spiro atoms. The number of aromatic hydroxyl groups is 1. The van der Waals surface area contributed by atoms with E-state index in [2.05, 4.69) is 55.4 Å². The second-order valence-corrected chi connectivity index (χ2v) is 6.21. The minimum atomic E-state index is 0.359. The first-order valence-corrected chi connectivity index (χ1v) is 7.90.